The summed E-state index contributed by atoms with van der Waals surface area (Å²) in [5, 5.41) is 11.6. The van der Waals surface area contributed by atoms with Crippen LogP contribution in [0.5, 0.6) is 0 Å². The van der Waals surface area contributed by atoms with Gasteiger partial charge in [0.15, 0.2) is 0 Å². The molecule has 0 heterocycles. The molecule has 0 bridgehead atoms. The minimum atomic E-state index is -1.03. The van der Waals surface area contributed by atoms with Crippen LogP contribution in [0.4, 0.5) is 0 Å². The van der Waals surface area contributed by atoms with Crippen LogP contribution in [0.25, 0.3) is 10.4 Å². The van der Waals surface area contributed by atoms with Gasteiger partial charge in [0.25, 0.3) is 0 Å². The summed E-state index contributed by atoms with van der Waals surface area (Å²) in [5.41, 5.74) is 7.99. The molecule has 0 amide bonds. The number of carboxylic acids is 1. The van der Waals surface area contributed by atoms with Crippen LogP contribution in [-0.4, -0.2) is 57.3 Å². The van der Waals surface area contributed by atoms with Gasteiger partial charge in [-0.3, -0.25) is 0 Å². The predicted octanol–water partition coefficient (Wildman–Crippen LogP) is 0.429. The fraction of sp³-hybridized carbons (Fsp3) is 0.875. The highest BCUT2D eigenvalue weighted by atomic mass is 16.6. The lowest BCUT2D eigenvalue weighted by Gasteiger charge is -2.14. The Morgan fingerprint density at radius 3 is 2.75 bits per heavy atom. The van der Waals surface area contributed by atoms with Crippen LogP contribution in [0.15, 0.2) is 5.11 Å². The average molecular weight is 233 g/mol. The Bertz CT molecular complexity index is 242. The molecule has 1 atom stereocenters. The van der Waals surface area contributed by atoms with Crippen molar-refractivity contribution in [1.82, 2.24) is 0 Å². The molecule has 1 N–H and O–H groups in total. The van der Waals surface area contributed by atoms with Gasteiger partial charge < -0.3 is 19.3 Å². The molecular weight excluding hydrogens is 218 g/mol. The van der Waals surface area contributed by atoms with E-state index in [-0.39, 0.29) is 32.5 Å². The third-order valence-electron chi connectivity index (χ3n) is 1.57. The Hall–Kier alpha value is -1.34. The van der Waals surface area contributed by atoms with Crippen LogP contribution in [0.1, 0.15) is 0 Å². The lowest BCUT2D eigenvalue weighted by atomic mass is 10.4. The zero-order valence-corrected chi connectivity index (χ0v) is 9.03. The lowest BCUT2D eigenvalue weighted by Crippen LogP contribution is -2.26. The summed E-state index contributed by atoms with van der Waals surface area (Å²) in [5.74, 6) is -1.03. The zero-order chi connectivity index (χ0) is 12.2. The number of methoxy groups -OCH3 is 1. The molecule has 92 valence electrons. The molecule has 8 heteroatoms. The smallest absolute Gasteiger partial charge is 0.329 e. The minimum Gasteiger partial charge on any atom is -0.480 e. The first-order chi connectivity index (χ1) is 7.70. The van der Waals surface area contributed by atoms with Crippen LogP contribution in [0.2, 0.25) is 0 Å². The van der Waals surface area contributed by atoms with E-state index < -0.39 is 5.97 Å². The molecule has 8 nitrogen and oxygen atoms in total. The van der Waals surface area contributed by atoms with Crippen molar-refractivity contribution in [2.24, 2.45) is 5.11 Å². The van der Waals surface area contributed by atoms with E-state index in [1.54, 1.807) is 0 Å². The SMILES string of the molecule is COC(COCCN=[N+]=[N-])COCC(=O)O. The first-order valence-corrected chi connectivity index (χ1v) is 4.61. The van der Waals surface area contributed by atoms with Gasteiger partial charge in [-0.2, -0.15) is 0 Å². The molecule has 0 rings (SSSR count). The van der Waals surface area contributed by atoms with Crippen molar-refractivity contribution in [2.45, 2.75) is 6.10 Å². The third kappa shape index (κ3) is 9.22. The molecule has 0 saturated carbocycles. The second kappa shape index (κ2) is 10.2. The van der Waals surface area contributed by atoms with Crippen molar-refractivity contribution >= 4 is 5.97 Å². The molecule has 0 radical (unpaired) electrons. The van der Waals surface area contributed by atoms with Gasteiger partial charge in [-0.15, -0.1) is 0 Å². The maximum Gasteiger partial charge on any atom is 0.329 e. The summed E-state index contributed by atoms with van der Waals surface area (Å²) >= 11 is 0. The van der Waals surface area contributed by atoms with Crippen LogP contribution in [0, 0.1) is 0 Å². The van der Waals surface area contributed by atoms with Crippen LogP contribution in [-0.2, 0) is 19.0 Å². The number of hydrogen-bond acceptors (Lipinski definition) is 5. The minimum absolute atomic E-state index is 0.143. The molecule has 0 aromatic carbocycles. The number of aliphatic carboxylic acids is 1. The standard InChI is InChI=1S/C8H15N3O5/c1-14-7(5-16-6-8(12)13)4-15-3-2-10-11-9/h7H,2-6H2,1H3,(H,12,13). The number of rotatable bonds is 10. The maximum atomic E-state index is 10.2. The van der Waals surface area contributed by atoms with Gasteiger partial charge in [0, 0.05) is 18.6 Å². The van der Waals surface area contributed by atoms with E-state index in [1.807, 2.05) is 0 Å². The van der Waals surface area contributed by atoms with E-state index in [4.69, 9.17) is 24.8 Å². The first-order valence-electron chi connectivity index (χ1n) is 4.61. The molecule has 0 fully saturated rings. The maximum absolute atomic E-state index is 10.2. The molecule has 1 unspecified atom stereocenters. The third-order valence-corrected chi connectivity index (χ3v) is 1.57. The van der Waals surface area contributed by atoms with Gasteiger partial charge in [0.1, 0.15) is 12.7 Å². The van der Waals surface area contributed by atoms with Gasteiger partial charge in [0.05, 0.1) is 19.8 Å². The van der Waals surface area contributed by atoms with Crippen molar-refractivity contribution in [3.8, 4) is 0 Å². The van der Waals surface area contributed by atoms with E-state index in [1.165, 1.54) is 7.11 Å². The van der Waals surface area contributed by atoms with E-state index in [2.05, 4.69) is 10.0 Å². The summed E-state index contributed by atoms with van der Waals surface area (Å²) in [4.78, 5) is 12.7. The number of hydrogen-bond donors (Lipinski definition) is 1. The van der Waals surface area contributed by atoms with Crippen molar-refractivity contribution in [3.05, 3.63) is 10.4 Å². The van der Waals surface area contributed by atoms with Crippen LogP contribution >= 0.6 is 0 Å². The van der Waals surface area contributed by atoms with E-state index >= 15 is 0 Å². The Morgan fingerprint density at radius 1 is 1.50 bits per heavy atom. The predicted molar refractivity (Wildman–Crippen MR) is 54.1 cm³/mol. The van der Waals surface area contributed by atoms with Gasteiger partial charge in [-0.1, -0.05) is 5.11 Å². The Kier molecular flexibility index (Phi) is 9.33. The molecule has 0 aliphatic heterocycles. The van der Waals surface area contributed by atoms with Gasteiger partial charge >= 0.3 is 5.97 Å². The van der Waals surface area contributed by atoms with Gasteiger partial charge in [-0.25, -0.2) is 4.79 Å². The summed E-state index contributed by atoms with van der Waals surface area (Å²) in [7, 11) is 1.48. The Balaban J connectivity index is 3.50. The van der Waals surface area contributed by atoms with Gasteiger partial charge in [-0.05, 0) is 5.53 Å². The Labute approximate surface area is 92.7 Å². The number of azide groups is 1. The van der Waals surface area contributed by atoms with Crippen LogP contribution < -0.4 is 0 Å². The van der Waals surface area contributed by atoms with E-state index in [0.29, 0.717) is 6.61 Å². The monoisotopic (exact) mass is 233 g/mol. The molecular formula is C8H15N3O5. The van der Waals surface area contributed by atoms with Gasteiger partial charge in [0.2, 0.25) is 0 Å². The van der Waals surface area contributed by atoms with Crippen molar-refractivity contribution in [1.29, 1.82) is 0 Å². The molecule has 0 spiro atoms. The quantitative estimate of drug-likeness (QED) is 0.254. The molecule has 0 saturated heterocycles. The molecule has 0 aliphatic carbocycles. The summed E-state index contributed by atoms with van der Waals surface area (Å²) in [6.07, 6.45) is -0.328. The highest BCUT2D eigenvalue weighted by molar-refractivity contribution is 5.67. The van der Waals surface area contributed by atoms with E-state index in [9.17, 15) is 4.79 Å². The number of carboxylic acid groups (broad SMARTS) is 1. The van der Waals surface area contributed by atoms with Crippen molar-refractivity contribution in [2.75, 3.05) is 40.1 Å². The number of ether oxygens (including phenoxy) is 3. The van der Waals surface area contributed by atoms with E-state index in [0.717, 1.165) is 0 Å². The highest BCUT2D eigenvalue weighted by Crippen LogP contribution is 1.93. The fourth-order valence-corrected chi connectivity index (χ4v) is 0.827. The molecule has 16 heavy (non-hydrogen) atoms. The summed E-state index contributed by atoms with van der Waals surface area (Å²) < 4.78 is 15.0. The number of carbonyl (C=O) groups is 1. The largest absolute Gasteiger partial charge is 0.480 e. The fourth-order valence-electron chi connectivity index (χ4n) is 0.827. The summed E-state index contributed by atoms with van der Waals surface area (Å²) in [6.45, 7) is 0.589. The molecule has 0 aliphatic rings. The zero-order valence-electron chi connectivity index (χ0n) is 9.03. The molecule has 0 aromatic rings. The van der Waals surface area contributed by atoms with Crippen LogP contribution in [0.3, 0.4) is 0 Å². The lowest BCUT2D eigenvalue weighted by molar-refractivity contribution is -0.144. The highest BCUT2D eigenvalue weighted by Gasteiger charge is 2.08. The Morgan fingerprint density at radius 2 is 2.19 bits per heavy atom. The van der Waals surface area contributed by atoms with Crippen molar-refractivity contribution in [3.63, 3.8) is 0 Å². The second-order valence-electron chi connectivity index (χ2n) is 2.80. The molecule has 0 aromatic heterocycles. The second-order valence-corrected chi connectivity index (χ2v) is 2.80. The van der Waals surface area contributed by atoms with Crippen molar-refractivity contribution < 1.29 is 24.1 Å². The average Bonchev–Trinajstić information content (AvgIpc) is 2.26. The number of nitrogens with zero attached hydrogens (tertiary/aromatic N) is 3. The summed E-state index contributed by atoms with van der Waals surface area (Å²) in [6, 6.07) is 0. The first kappa shape index (κ1) is 14.7. The normalized spacial score (nSPS) is 11.8. The topological polar surface area (TPSA) is 114 Å².